The largest absolute Gasteiger partial charge is 0.310 e. The van der Waals surface area contributed by atoms with Gasteiger partial charge in [-0.1, -0.05) is 187 Å². The lowest BCUT2D eigenvalue weighted by Crippen LogP contribution is -2.60. The minimum Gasteiger partial charge on any atom is -0.310 e. The Morgan fingerprint density at radius 1 is 0.250 bits per heavy atom. The van der Waals surface area contributed by atoms with Gasteiger partial charge in [0.1, 0.15) is 0 Å². The van der Waals surface area contributed by atoms with E-state index in [2.05, 4.69) is 286 Å². The second-order valence-corrected chi connectivity index (χ2v) is 19.2. The average Bonchev–Trinajstić information content (AvgIpc) is 3.96. The second-order valence-electron chi connectivity index (χ2n) is 19.2. The van der Waals surface area contributed by atoms with Crippen molar-refractivity contribution >= 4 is 124 Å². The maximum atomic E-state index is 2.59. The lowest BCUT2D eigenvalue weighted by molar-refractivity contribution is 1.15. The number of hydrogen-bond acceptors (Lipinski definition) is 2. The minimum atomic E-state index is 0.0103. The van der Waals surface area contributed by atoms with E-state index in [4.69, 9.17) is 0 Å². The Hall–Kier alpha value is -9.25. The highest BCUT2D eigenvalue weighted by Gasteiger charge is 2.39. The van der Waals surface area contributed by atoms with Crippen LogP contribution in [0, 0.1) is 0 Å². The van der Waals surface area contributed by atoms with E-state index >= 15 is 0 Å². The Labute approximate surface area is 419 Å². The van der Waals surface area contributed by atoms with Crippen molar-refractivity contribution in [3.8, 4) is 11.4 Å². The molecule has 0 unspecified atom stereocenters. The van der Waals surface area contributed by atoms with Gasteiger partial charge in [0.25, 0.3) is 0 Å². The predicted octanol–water partition coefficient (Wildman–Crippen LogP) is 12.5. The van der Waals surface area contributed by atoms with Crippen LogP contribution in [0.2, 0.25) is 0 Å². The molecule has 0 N–H and O–H groups in total. The number of para-hydroxylation sites is 6. The van der Waals surface area contributed by atoms with Crippen molar-refractivity contribution in [1.29, 1.82) is 0 Å². The monoisotopic (exact) mass is 914 g/mol. The van der Waals surface area contributed by atoms with E-state index in [1.165, 1.54) is 87.8 Å². The highest BCUT2D eigenvalue weighted by molar-refractivity contribution is 7.00. The van der Waals surface area contributed by atoms with Crippen LogP contribution >= 0.6 is 0 Å². The van der Waals surface area contributed by atoms with Crippen molar-refractivity contribution in [2.45, 2.75) is 0 Å². The summed E-state index contributed by atoms with van der Waals surface area (Å²) in [6.45, 7) is 0.0207. The summed E-state index contributed by atoms with van der Waals surface area (Å²) >= 11 is 0. The van der Waals surface area contributed by atoms with E-state index in [0.717, 1.165) is 34.1 Å². The number of rotatable bonds is 8. The molecule has 2 aliphatic heterocycles. The molecule has 0 radical (unpaired) electrons. The van der Waals surface area contributed by atoms with Crippen LogP contribution in [-0.4, -0.2) is 22.6 Å². The SMILES string of the molecule is c1ccc(B2c3cc4c(cc3-n3c5ccc(N(c6ccccc6)c6ccccc6)cc5c5cccc2c53)-n2c3ccc(N(c5ccccc5)c5ccccc5)cc3c3cccc(c32)B4c2ccccc2)cc1. The normalized spacial score (nSPS) is 12.4. The van der Waals surface area contributed by atoms with Crippen LogP contribution in [0.4, 0.5) is 34.1 Å². The minimum absolute atomic E-state index is 0.0103. The fraction of sp³-hybridized carbons (Fsp3) is 0. The van der Waals surface area contributed by atoms with Gasteiger partial charge < -0.3 is 18.9 Å². The fourth-order valence-corrected chi connectivity index (χ4v) is 12.4. The number of aromatic nitrogens is 2. The molecule has 0 saturated carbocycles. The summed E-state index contributed by atoms with van der Waals surface area (Å²) in [5, 5.41) is 4.97. The van der Waals surface area contributed by atoms with Gasteiger partial charge in [0.05, 0.1) is 11.0 Å². The zero-order valence-corrected chi connectivity index (χ0v) is 39.3. The van der Waals surface area contributed by atoms with Gasteiger partial charge in [0.15, 0.2) is 0 Å². The van der Waals surface area contributed by atoms with Crippen LogP contribution in [-0.2, 0) is 0 Å². The van der Waals surface area contributed by atoms with Crippen molar-refractivity contribution in [1.82, 2.24) is 9.13 Å². The van der Waals surface area contributed by atoms with Gasteiger partial charge in [-0.3, -0.25) is 0 Å². The molecule has 0 aliphatic carbocycles. The summed E-state index contributed by atoms with van der Waals surface area (Å²) in [5.41, 5.74) is 21.9. The van der Waals surface area contributed by atoms with Gasteiger partial charge in [-0.25, -0.2) is 0 Å². The first-order valence-corrected chi connectivity index (χ1v) is 25.0. The number of fused-ring (bicyclic) bond motifs is 10. The summed E-state index contributed by atoms with van der Waals surface area (Å²) in [6.07, 6.45) is 0. The topological polar surface area (TPSA) is 16.3 Å². The molecule has 72 heavy (non-hydrogen) atoms. The number of benzene rings is 11. The van der Waals surface area contributed by atoms with E-state index in [1.807, 2.05) is 0 Å². The maximum absolute atomic E-state index is 2.59. The Balaban J connectivity index is 1.02. The van der Waals surface area contributed by atoms with Gasteiger partial charge in [0.2, 0.25) is 13.4 Å². The maximum Gasteiger partial charge on any atom is 0.246 e. The van der Waals surface area contributed by atoms with Crippen LogP contribution in [0.25, 0.3) is 55.0 Å². The Kier molecular flexibility index (Phi) is 9.12. The summed E-state index contributed by atoms with van der Waals surface area (Å²) in [7, 11) is 0. The molecular formula is C66H44B2N4. The molecule has 0 fully saturated rings. The molecular weight excluding hydrogens is 870 g/mol. The summed E-state index contributed by atoms with van der Waals surface area (Å²) in [6, 6.07) is 98.5. The first kappa shape index (κ1) is 40.6. The Morgan fingerprint density at radius 3 is 0.958 bits per heavy atom. The highest BCUT2D eigenvalue weighted by Crippen LogP contribution is 2.43. The number of nitrogens with zero attached hydrogens (tertiary/aromatic N) is 4. The molecule has 4 nitrogen and oxygen atoms in total. The Bertz CT molecular complexity index is 3860. The number of anilines is 6. The van der Waals surface area contributed by atoms with Gasteiger partial charge >= 0.3 is 0 Å². The molecule has 2 aliphatic rings. The van der Waals surface area contributed by atoms with E-state index in [1.54, 1.807) is 0 Å². The van der Waals surface area contributed by atoms with Gasteiger partial charge in [-0.2, -0.15) is 0 Å². The molecule has 6 heteroatoms. The van der Waals surface area contributed by atoms with Crippen molar-refractivity contribution in [2.24, 2.45) is 0 Å². The molecule has 13 aromatic rings. The van der Waals surface area contributed by atoms with Crippen molar-refractivity contribution in [3.63, 3.8) is 0 Å². The zero-order valence-electron chi connectivity index (χ0n) is 39.3. The summed E-state index contributed by atoms with van der Waals surface area (Å²) in [5.74, 6) is 0. The molecule has 0 bridgehead atoms. The summed E-state index contributed by atoms with van der Waals surface area (Å²) < 4.78 is 5.18. The first-order chi connectivity index (χ1) is 35.8. The zero-order chi connectivity index (χ0) is 47.3. The van der Waals surface area contributed by atoms with Gasteiger partial charge in [-0.05, 0) is 113 Å². The van der Waals surface area contributed by atoms with Crippen molar-refractivity contribution in [2.75, 3.05) is 9.80 Å². The van der Waals surface area contributed by atoms with Crippen molar-refractivity contribution in [3.05, 3.63) is 267 Å². The van der Waals surface area contributed by atoms with E-state index in [-0.39, 0.29) is 13.4 Å². The van der Waals surface area contributed by atoms with Gasteiger partial charge in [-0.15, -0.1) is 0 Å². The molecule has 0 spiro atoms. The molecule has 15 rings (SSSR count). The molecule has 0 saturated heterocycles. The lowest BCUT2D eigenvalue weighted by Gasteiger charge is -2.33. The molecule has 0 amide bonds. The molecule has 11 aromatic carbocycles. The third kappa shape index (κ3) is 6.09. The fourth-order valence-electron chi connectivity index (χ4n) is 12.4. The molecule has 4 heterocycles. The van der Waals surface area contributed by atoms with Crippen LogP contribution in [0.5, 0.6) is 0 Å². The summed E-state index contributed by atoms with van der Waals surface area (Å²) in [4.78, 5) is 4.74. The molecule has 0 atom stereocenters. The lowest BCUT2D eigenvalue weighted by atomic mass is 9.32. The average molecular weight is 915 g/mol. The third-order valence-electron chi connectivity index (χ3n) is 15.3. The van der Waals surface area contributed by atoms with Crippen molar-refractivity contribution < 1.29 is 0 Å². The van der Waals surface area contributed by atoms with Crippen LogP contribution in [0.1, 0.15) is 0 Å². The van der Waals surface area contributed by atoms with E-state index < -0.39 is 0 Å². The smallest absolute Gasteiger partial charge is 0.246 e. The van der Waals surface area contributed by atoms with Crippen LogP contribution in [0.15, 0.2) is 267 Å². The third-order valence-corrected chi connectivity index (χ3v) is 15.3. The molecule has 2 aromatic heterocycles. The second kappa shape index (κ2) is 16.2. The van der Waals surface area contributed by atoms with Gasteiger partial charge in [0, 0.05) is 78.1 Å². The highest BCUT2D eigenvalue weighted by atomic mass is 15.1. The van der Waals surface area contributed by atoms with E-state index in [0.29, 0.717) is 0 Å². The Morgan fingerprint density at radius 2 is 0.597 bits per heavy atom. The molecule has 334 valence electrons. The standard InChI is InChI=1S/C66H44B2N4/c1-7-21-45(22-8-1)67-57-35-19-33-53-55-41-51(69(47-25-11-3-12-26-47)48-27-13-4-14-28-48)37-39-61(55)71(65(53)57)63-44-64-60(43-59(63)67)68(46-23-9-2-10-24-46)58-36-20-34-54-56-42-52(38-40-62(56)72(64)66(54)58)70(49-29-15-5-16-30-49)50-31-17-6-18-32-50/h1-44H. The quantitative estimate of drug-likeness (QED) is 0.141. The predicted molar refractivity (Wildman–Crippen MR) is 307 cm³/mol. The van der Waals surface area contributed by atoms with Crippen LogP contribution in [0.3, 0.4) is 0 Å². The van der Waals surface area contributed by atoms with Crippen LogP contribution < -0.4 is 42.6 Å². The van der Waals surface area contributed by atoms with E-state index in [9.17, 15) is 0 Å². The number of hydrogen-bond donors (Lipinski definition) is 0. The first-order valence-electron chi connectivity index (χ1n) is 25.0.